The van der Waals surface area contributed by atoms with E-state index in [1.165, 1.54) is 6.08 Å². The van der Waals surface area contributed by atoms with Crippen molar-refractivity contribution in [3.05, 3.63) is 47.0 Å². The minimum absolute atomic E-state index is 0.0818. The number of rotatable bonds is 3. The Bertz CT molecular complexity index is 1270. The van der Waals surface area contributed by atoms with E-state index in [0.717, 1.165) is 11.1 Å². The molecule has 0 bridgehead atoms. The molecule has 4 N–H and O–H groups in total. The summed E-state index contributed by atoms with van der Waals surface area (Å²) in [5.74, 6) is -1.17. The van der Waals surface area contributed by atoms with Crippen LogP contribution >= 0.6 is 0 Å². The third kappa shape index (κ3) is 3.03. The molecule has 4 heterocycles. The lowest BCUT2D eigenvalue weighted by molar-refractivity contribution is -0.309. The number of carboxylic acids is 1. The Balaban J connectivity index is 1.36. The predicted octanol–water partition coefficient (Wildman–Crippen LogP) is 0.981. The van der Waals surface area contributed by atoms with Crippen LogP contribution in [0.15, 0.2) is 30.3 Å². The lowest BCUT2D eigenvalue weighted by Gasteiger charge is -2.47. The van der Waals surface area contributed by atoms with Crippen molar-refractivity contribution in [2.45, 2.75) is 42.2 Å². The van der Waals surface area contributed by atoms with E-state index in [9.17, 15) is 25.2 Å². The van der Waals surface area contributed by atoms with Crippen molar-refractivity contribution in [2.24, 2.45) is 0 Å². The van der Waals surface area contributed by atoms with E-state index in [-0.39, 0.29) is 17.8 Å². The number of carbonyl (C=O) groups is 1. The number of aliphatic hydroxyl groups is 3. The van der Waals surface area contributed by atoms with Crippen LogP contribution in [-0.2, 0) is 9.53 Å². The zero-order valence-corrected chi connectivity index (χ0v) is 19.3. The topological polar surface area (TPSA) is 153 Å². The highest BCUT2D eigenvalue weighted by molar-refractivity contribution is 5.74. The Labute approximate surface area is 205 Å². The van der Waals surface area contributed by atoms with Crippen molar-refractivity contribution in [1.29, 1.82) is 0 Å². The molecule has 4 aliphatic heterocycles. The van der Waals surface area contributed by atoms with Crippen LogP contribution in [0.3, 0.4) is 0 Å². The predicted molar refractivity (Wildman–Crippen MR) is 121 cm³/mol. The first kappa shape index (κ1) is 22.9. The van der Waals surface area contributed by atoms with Crippen LogP contribution in [0.4, 0.5) is 0 Å². The van der Waals surface area contributed by atoms with Crippen molar-refractivity contribution in [3.8, 4) is 28.7 Å². The zero-order valence-electron chi connectivity index (χ0n) is 19.3. The molecule has 0 unspecified atom stereocenters. The third-order valence-electron chi connectivity index (χ3n) is 7.14. The zero-order chi connectivity index (χ0) is 25.4. The summed E-state index contributed by atoms with van der Waals surface area (Å²) in [6.45, 7) is 0.320. The Morgan fingerprint density at radius 3 is 2.53 bits per heavy atom. The van der Waals surface area contributed by atoms with Gasteiger partial charge in [-0.3, -0.25) is 0 Å². The maximum Gasteiger partial charge on any atom is 0.335 e. The fraction of sp³-hybridized carbons (Fsp3) is 0.400. The first-order valence-corrected chi connectivity index (χ1v) is 11.3. The van der Waals surface area contributed by atoms with Crippen LogP contribution in [0.2, 0.25) is 0 Å². The molecule has 0 amide bonds. The number of fused-ring (bicyclic) bond motifs is 7. The molecule has 1 fully saturated rings. The lowest BCUT2D eigenvalue weighted by Crippen LogP contribution is -2.67. The van der Waals surface area contributed by atoms with Gasteiger partial charge in [-0.05, 0) is 30.4 Å². The fourth-order valence-electron chi connectivity index (χ4n) is 5.33. The van der Waals surface area contributed by atoms with Gasteiger partial charge in [0.05, 0.1) is 32.3 Å². The first-order valence-electron chi connectivity index (χ1n) is 11.3. The van der Waals surface area contributed by atoms with Gasteiger partial charge < -0.3 is 48.8 Å². The molecule has 0 saturated carbocycles. The third-order valence-corrected chi connectivity index (χ3v) is 7.14. The summed E-state index contributed by atoms with van der Waals surface area (Å²) in [5, 5.41) is 40.3. The van der Waals surface area contributed by atoms with Crippen LogP contribution in [0.25, 0.3) is 6.08 Å². The van der Waals surface area contributed by atoms with Gasteiger partial charge in [-0.1, -0.05) is 6.07 Å². The molecule has 1 saturated heterocycles. The largest absolute Gasteiger partial charge is 0.493 e. The average molecular weight is 500 g/mol. The maximum atomic E-state index is 11.6. The second-order valence-electron chi connectivity index (χ2n) is 9.03. The molecule has 2 aromatic carbocycles. The number of ether oxygens (including phenoxy) is 6. The second-order valence-corrected chi connectivity index (χ2v) is 9.03. The van der Waals surface area contributed by atoms with Gasteiger partial charge >= 0.3 is 5.97 Å². The number of methoxy groups -OCH3 is 2. The number of hydrogen-bond donors (Lipinski definition) is 4. The molecule has 2 aromatic rings. The van der Waals surface area contributed by atoms with Gasteiger partial charge in [0.15, 0.2) is 23.7 Å². The average Bonchev–Trinajstić information content (AvgIpc) is 3.27. The Morgan fingerprint density at radius 2 is 1.81 bits per heavy atom. The van der Waals surface area contributed by atoms with E-state index in [2.05, 4.69) is 0 Å². The van der Waals surface area contributed by atoms with Crippen molar-refractivity contribution in [3.63, 3.8) is 0 Å². The molecule has 7 atom stereocenters. The summed E-state index contributed by atoms with van der Waals surface area (Å²) in [6.07, 6.45) is -4.65. The van der Waals surface area contributed by atoms with E-state index in [4.69, 9.17) is 28.4 Å². The Hall–Kier alpha value is -3.51. The SMILES string of the molecule is COc1ccc2c(c1OC)O[C@@H]1c3ccc4c(c3OC[C@@H]21)C=C[C@@]1(O4)O[C@H](C(=O)O)[C@@H](O)[C@H](O)[C@H]1O. The molecule has 1 spiro atoms. The van der Waals surface area contributed by atoms with Crippen LogP contribution < -0.4 is 23.7 Å². The van der Waals surface area contributed by atoms with Gasteiger partial charge in [-0.15, -0.1) is 0 Å². The minimum atomic E-state index is -2.01. The van der Waals surface area contributed by atoms with E-state index in [1.807, 2.05) is 12.1 Å². The number of carboxylic acid groups (broad SMARTS) is 1. The molecule has 0 aliphatic carbocycles. The number of benzene rings is 2. The Morgan fingerprint density at radius 1 is 1.03 bits per heavy atom. The molecule has 4 aliphatic rings. The van der Waals surface area contributed by atoms with E-state index < -0.39 is 36.2 Å². The van der Waals surface area contributed by atoms with Crippen molar-refractivity contribution in [2.75, 3.05) is 20.8 Å². The van der Waals surface area contributed by atoms with Crippen molar-refractivity contribution >= 4 is 12.0 Å². The monoisotopic (exact) mass is 500 g/mol. The highest BCUT2D eigenvalue weighted by Crippen LogP contribution is 2.57. The van der Waals surface area contributed by atoms with Gasteiger partial charge in [0.2, 0.25) is 5.75 Å². The van der Waals surface area contributed by atoms with Crippen molar-refractivity contribution in [1.82, 2.24) is 0 Å². The molecule has 11 nitrogen and oxygen atoms in total. The van der Waals surface area contributed by atoms with Gasteiger partial charge in [0.1, 0.15) is 29.8 Å². The lowest BCUT2D eigenvalue weighted by atomic mass is 9.86. The second kappa shape index (κ2) is 8.00. The smallest absolute Gasteiger partial charge is 0.335 e. The maximum absolute atomic E-state index is 11.6. The quantitative estimate of drug-likeness (QED) is 0.477. The van der Waals surface area contributed by atoms with Crippen LogP contribution in [0.5, 0.6) is 28.7 Å². The fourth-order valence-corrected chi connectivity index (χ4v) is 5.33. The van der Waals surface area contributed by atoms with Gasteiger partial charge in [-0.2, -0.15) is 0 Å². The summed E-state index contributed by atoms with van der Waals surface area (Å²) in [5.41, 5.74) is 2.26. The summed E-state index contributed by atoms with van der Waals surface area (Å²) in [6, 6.07) is 7.16. The number of aliphatic hydroxyl groups excluding tert-OH is 3. The summed E-state index contributed by atoms with van der Waals surface area (Å²) < 4.78 is 34.8. The molecular formula is C25H24O11. The molecule has 190 valence electrons. The highest BCUT2D eigenvalue weighted by Gasteiger charge is 2.57. The summed E-state index contributed by atoms with van der Waals surface area (Å²) >= 11 is 0. The molecular weight excluding hydrogens is 476 g/mol. The molecule has 36 heavy (non-hydrogen) atoms. The molecule has 0 radical (unpaired) electrons. The standard InChI is InChI=1S/C25H24O11/c1-31-15-6-3-10-13-9-33-18-11-7-8-25(23(28)17(27)16(26)22(36-25)24(29)30)35-14(11)5-4-12(18)19(13)34-20(10)21(15)32-2/h3-8,13,16-17,19,22-23,26-28H,9H2,1-2H3,(H,29,30)/t13-,16-,17-,19+,22-,23+,25+/m0/s1. The van der Waals surface area contributed by atoms with Crippen molar-refractivity contribution < 1.29 is 53.6 Å². The van der Waals surface area contributed by atoms with E-state index in [1.54, 1.807) is 32.4 Å². The molecule has 6 rings (SSSR count). The van der Waals surface area contributed by atoms with E-state index >= 15 is 0 Å². The summed E-state index contributed by atoms with van der Waals surface area (Å²) in [7, 11) is 3.11. The van der Waals surface area contributed by atoms with Crippen LogP contribution in [0, 0.1) is 0 Å². The highest BCUT2D eigenvalue weighted by atomic mass is 16.7. The first-order chi connectivity index (χ1) is 17.3. The number of aliphatic carboxylic acids is 1. The summed E-state index contributed by atoms with van der Waals surface area (Å²) in [4.78, 5) is 11.6. The van der Waals surface area contributed by atoms with E-state index in [0.29, 0.717) is 35.2 Å². The van der Waals surface area contributed by atoms with Gasteiger partial charge in [0, 0.05) is 11.1 Å². The number of hydrogen-bond acceptors (Lipinski definition) is 10. The minimum Gasteiger partial charge on any atom is -0.493 e. The Kier molecular flexibility index (Phi) is 5.09. The van der Waals surface area contributed by atoms with Crippen LogP contribution in [-0.4, -0.2) is 77.4 Å². The normalized spacial score (nSPS) is 33.2. The molecule has 11 heteroatoms. The molecule has 0 aromatic heterocycles. The van der Waals surface area contributed by atoms with Gasteiger partial charge in [0.25, 0.3) is 5.79 Å². The van der Waals surface area contributed by atoms with Gasteiger partial charge in [-0.25, -0.2) is 4.79 Å². The van der Waals surface area contributed by atoms with Crippen LogP contribution in [0.1, 0.15) is 28.7 Å².